The van der Waals surface area contributed by atoms with Crippen molar-refractivity contribution in [1.82, 2.24) is 9.38 Å². The van der Waals surface area contributed by atoms with Gasteiger partial charge in [0, 0.05) is 30.2 Å². The molecule has 0 unspecified atom stereocenters. The van der Waals surface area contributed by atoms with Gasteiger partial charge in [-0.25, -0.2) is 0 Å². The lowest BCUT2D eigenvalue weighted by Gasteiger charge is -2.05. The van der Waals surface area contributed by atoms with Crippen molar-refractivity contribution in [3.8, 4) is 11.3 Å². The predicted octanol–water partition coefficient (Wildman–Crippen LogP) is 3.31. The minimum Gasteiger partial charge on any atom is -0.367 e. The zero-order valence-electron chi connectivity index (χ0n) is 10.1. The van der Waals surface area contributed by atoms with Gasteiger partial charge in [0.2, 0.25) is 0 Å². The first-order valence-electron chi connectivity index (χ1n) is 5.82. The van der Waals surface area contributed by atoms with Crippen LogP contribution in [0.25, 0.3) is 16.8 Å². The zero-order valence-corrected chi connectivity index (χ0v) is 10.1. The summed E-state index contributed by atoms with van der Waals surface area (Å²) in [6.07, 6.45) is -0.462. The van der Waals surface area contributed by atoms with Gasteiger partial charge in [0.1, 0.15) is 0 Å². The Bertz CT molecular complexity index is 830. The number of H-pyrrole nitrogens is 1. The summed E-state index contributed by atoms with van der Waals surface area (Å²) in [6, 6.07) is 7.19. The minimum absolute atomic E-state index is 0.251. The third kappa shape index (κ3) is 1.99. The topological polar surface area (TPSA) is 37.3 Å². The normalized spacial score (nSPS) is 11.9. The van der Waals surface area contributed by atoms with Crippen LogP contribution in [-0.4, -0.2) is 9.38 Å². The Morgan fingerprint density at radius 1 is 1.15 bits per heavy atom. The second-order valence-corrected chi connectivity index (χ2v) is 4.35. The van der Waals surface area contributed by atoms with Crippen molar-refractivity contribution in [3.63, 3.8) is 0 Å². The molecule has 0 amide bonds. The van der Waals surface area contributed by atoms with Crippen LogP contribution in [0.5, 0.6) is 0 Å². The number of halogens is 3. The first-order chi connectivity index (χ1) is 9.47. The fraction of sp³-hybridized carbons (Fsp3) is 0.0714. The number of hydrogen-bond donors (Lipinski definition) is 1. The Morgan fingerprint density at radius 3 is 2.65 bits per heavy atom. The highest BCUT2D eigenvalue weighted by Crippen LogP contribution is 2.32. The van der Waals surface area contributed by atoms with Crippen molar-refractivity contribution in [2.24, 2.45) is 0 Å². The molecule has 0 fully saturated rings. The van der Waals surface area contributed by atoms with Crippen molar-refractivity contribution in [3.05, 3.63) is 64.7 Å². The van der Waals surface area contributed by atoms with Crippen LogP contribution in [-0.2, 0) is 6.18 Å². The number of aromatic nitrogens is 2. The van der Waals surface area contributed by atoms with E-state index in [1.807, 2.05) is 0 Å². The van der Waals surface area contributed by atoms with E-state index in [9.17, 15) is 18.0 Å². The molecule has 3 rings (SSSR count). The van der Waals surface area contributed by atoms with Crippen molar-refractivity contribution in [2.75, 3.05) is 0 Å². The van der Waals surface area contributed by atoms with Crippen molar-refractivity contribution in [1.29, 1.82) is 0 Å². The van der Waals surface area contributed by atoms with Crippen LogP contribution in [0.15, 0.2) is 53.7 Å². The van der Waals surface area contributed by atoms with E-state index in [1.165, 1.54) is 22.9 Å². The highest BCUT2D eigenvalue weighted by atomic mass is 19.4. The van der Waals surface area contributed by atoms with Gasteiger partial charge in [-0.3, -0.25) is 4.79 Å². The molecule has 6 heteroatoms. The summed E-state index contributed by atoms with van der Waals surface area (Å²) in [5.41, 5.74) is 0.135. The highest BCUT2D eigenvalue weighted by Gasteiger charge is 2.32. The average Bonchev–Trinajstić information content (AvgIpc) is 2.83. The maximum Gasteiger partial charge on any atom is 0.417 e. The van der Waals surface area contributed by atoms with E-state index in [4.69, 9.17) is 0 Å². The van der Waals surface area contributed by atoms with Crippen molar-refractivity contribution in [2.45, 2.75) is 6.18 Å². The zero-order chi connectivity index (χ0) is 14.3. The molecule has 0 saturated carbocycles. The summed E-state index contributed by atoms with van der Waals surface area (Å²) in [7, 11) is 0. The number of pyridine rings is 2. The molecule has 3 aromatic rings. The Hall–Kier alpha value is -2.50. The van der Waals surface area contributed by atoms with Gasteiger partial charge in [-0.15, -0.1) is 0 Å². The van der Waals surface area contributed by atoms with Crippen molar-refractivity contribution < 1.29 is 13.2 Å². The van der Waals surface area contributed by atoms with Gasteiger partial charge in [-0.05, 0) is 18.2 Å². The number of nitrogens with one attached hydrogen (secondary N) is 1. The monoisotopic (exact) mass is 278 g/mol. The molecule has 3 aromatic heterocycles. The molecular formula is C14H9F3N2O. The summed E-state index contributed by atoms with van der Waals surface area (Å²) in [4.78, 5) is 14.6. The molecule has 1 N–H and O–H groups in total. The molecule has 3 nitrogen and oxygen atoms in total. The van der Waals surface area contributed by atoms with Crippen LogP contribution in [0.3, 0.4) is 0 Å². The van der Waals surface area contributed by atoms with Crippen LogP contribution in [0.1, 0.15) is 5.56 Å². The maximum absolute atomic E-state index is 12.8. The van der Waals surface area contributed by atoms with Gasteiger partial charge in [-0.2, -0.15) is 13.2 Å². The lowest BCUT2D eigenvalue weighted by Crippen LogP contribution is -2.06. The number of alkyl halides is 3. The number of hydrogen-bond acceptors (Lipinski definition) is 1. The quantitative estimate of drug-likeness (QED) is 0.728. The van der Waals surface area contributed by atoms with Gasteiger partial charge in [-0.1, -0.05) is 6.07 Å². The molecule has 102 valence electrons. The Kier molecular flexibility index (Phi) is 2.67. The summed E-state index contributed by atoms with van der Waals surface area (Å²) in [5.74, 6) is 0. The third-order valence-corrected chi connectivity index (χ3v) is 3.06. The van der Waals surface area contributed by atoms with Gasteiger partial charge in [0.25, 0.3) is 0 Å². The molecule has 3 heterocycles. The van der Waals surface area contributed by atoms with E-state index in [0.29, 0.717) is 16.8 Å². The largest absolute Gasteiger partial charge is 0.417 e. The molecule has 0 radical (unpaired) electrons. The Labute approximate surface area is 111 Å². The molecule has 20 heavy (non-hydrogen) atoms. The first-order valence-corrected chi connectivity index (χ1v) is 5.82. The SMILES string of the molecule is O=c1cc[nH]cc1-c1cccc2cc(C(F)(F)F)cn12. The van der Waals surface area contributed by atoms with E-state index in [-0.39, 0.29) is 5.43 Å². The molecule has 0 saturated heterocycles. The Balaban J connectivity index is 2.30. The molecule has 0 aliphatic carbocycles. The second kappa shape index (κ2) is 4.26. The fourth-order valence-electron chi connectivity index (χ4n) is 2.13. The van der Waals surface area contributed by atoms with Gasteiger partial charge >= 0.3 is 6.18 Å². The summed E-state index contributed by atoms with van der Waals surface area (Å²) in [6.45, 7) is 0. The number of nitrogens with zero attached hydrogens (tertiary/aromatic N) is 1. The number of fused-ring (bicyclic) bond motifs is 1. The number of rotatable bonds is 1. The van der Waals surface area contributed by atoms with Crippen molar-refractivity contribution >= 4 is 5.52 Å². The summed E-state index contributed by atoms with van der Waals surface area (Å²) in [5, 5.41) is 0. The van der Waals surface area contributed by atoms with E-state index in [2.05, 4.69) is 4.98 Å². The highest BCUT2D eigenvalue weighted by molar-refractivity contribution is 5.65. The Morgan fingerprint density at radius 2 is 1.95 bits per heavy atom. The lowest BCUT2D eigenvalue weighted by atomic mass is 10.2. The van der Waals surface area contributed by atoms with Crippen LogP contribution in [0, 0.1) is 0 Å². The fourth-order valence-corrected chi connectivity index (χ4v) is 2.13. The number of aromatic amines is 1. The van der Waals surface area contributed by atoms with Crippen LogP contribution in [0.2, 0.25) is 0 Å². The van der Waals surface area contributed by atoms with Gasteiger partial charge < -0.3 is 9.38 Å². The standard InChI is InChI=1S/C14H9F3N2O/c15-14(16,17)9-6-10-2-1-3-12(19(10)8-9)11-7-18-5-4-13(11)20/h1-8H,(H,18,20). The van der Waals surface area contributed by atoms with E-state index in [0.717, 1.165) is 12.3 Å². The summed E-state index contributed by atoms with van der Waals surface area (Å²) >= 11 is 0. The first kappa shape index (κ1) is 12.5. The molecular weight excluding hydrogens is 269 g/mol. The van der Waals surface area contributed by atoms with E-state index < -0.39 is 11.7 Å². The molecule has 0 aliphatic heterocycles. The van der Waals surface area contributed by atoms with Crippen LogP contribution in [0.4, 0.5) is 13.2 Å². The molecule has 0 atom stereocenters. The third-order valence-electron chi connectivity index (χ3n) is 3.06. The average molecular weight is 278 g/mol. The molecule has 0 bridgehead atoms. The van der Waals surface area contributed by atoms with E-state index >= 15 is 0 Å². The van der Waals surface area contributed by atoms with Crippen LogP contribution < -0.4 is 5.43 Å². The van der Waals surface area contributed by atoms with Crippen LogP contribution >= 0.6 is 0 Å². The van der Waals surface area contributed by atoms with Gasteiger partial charge in [0.05, 0.1) is 16.8 Å². The predicted molar refractivity (Wildman–Crippen MR) is 68.5 cm³/mol. The lowest BCUT2D eigenvalue weighted by molar-refractivity contribution is -0.137. The maximum atomic E-state index is 12.8. The smallest absolute Gasteiger partial charge is 0.367 e. The second-order valence-electron chi connectivity index (χ2n) is 4.35. The van der Waals surface area contributed by atoms with Gasteiger partial charge in [0.15, 0.2) is 5.43 Å². The van der Waals surface area contributed by atoms with E-state index in [1.54, 1.807) is 18.2 Å². The summed E-state index contributed by atoms with van der Waals surface area (Å²) < 4.78 is 39.6. The molecule has 0 aromatic carbocycles. The molecule has 0 aliphatic rings. The minimum atomic E-state index is -4.41. The molecule has 0 spiro atoms.